The Morgan fingerprint density at radius 1 is 1.12 bits per heavy atom. The minimum atomic E-state index is -0.0933. The molecule has 1 aromatic carbocycles. The number of carbonyl (C=O) groups is 2. The number of benzene rings is 1. The van der Waals surface area contributed by atoms with Crippen molar-refractivity contribution in [2.75, 3.05) is 28.6 Å². The smallest absolute Gasteiger partial charge is 0.224 e. The summed E-state index contributed by atoms with van der Waals surface area (Å²) in [4.78, 5) is 37.6. The van der Waals surface area contributed by atoms with Gasteiger partial charge in [0, 0.05) is 48.3 Å². The first-order valence-corrected chi connectivity index (χ1v) is 16.3. The van der Waals surface area contributed by atoms with Gasteiger partial charge in [0.1, 0.15) is 23.2 Å². The van der Waals surface area contributed by atoms with Crippen LogP contribution in [0.25, 0.3) is 0 Å². The molecular formula is C33H47N7O2S. The molecule has 4 rings (SSSR count). The molecule has 1 saturated heterocycles. The second kappa shape index (κ2) is 14.9. The predicted octanol–water partition coefficient (Wildman–Crippen LogP) is 7.24. The molecule has 2 heterocycles. The number of allylic oxidation sites excluding steroid dienone is 1. The quantitative estimate of drug-likeness (QED) is 0.117. The third kappa shape index (κ3) is 10.1. The fraction of sp³-hybridized carbons (Fsp3) is 0.545. The van der Waals surface area contributed by atoms with E-state index in [0.717, 1.165) is 66.2 Å². The summed E-state index contributed by atoms with van der Waals surface area (Å²) in [6.45, 7) is 13.5. The van der Waals surface area contributed by atoms with Gasteiger partial charge in [0.15, 0.2) is 5.16 Å². The summed E-state index contributed by atoms with van der Waals surface area (Å²) in [7, 11) is 0. The van der Waals surface area contributed by atoms with Crippen LogP contribution in [0.4, 0.5) is 17.3 Å². The third-order valence-electron chi connectivity index (χ3n) is 7.82. The number of amides is 1. The lowest BCUT2D eigenvalue weighted by Crippen LogP contribution is -2.47. The van der Waals surface area contributed by atoms with Crippen molar-refractivity contribution in [3.8, 4) is 0 Å². The summed E-state index contributed by atoms with van der Waals surface area (Å²) in [5.41, 5.74) is 4.67. The van der Waals surface area contributed by atoms with Crippen LogP contribution in [0, 0.1) is 17.3 Å². The van der Waals surface area contributed by atoms with Crippen LogP contribution in [0.2, 0.25) is 0 Å². The van der Waals surface area contributed by atoms with E-state index in [1.165, 1.54) is 24.6 Å². The SMILES string of the molecule is C/C=C(\NN=C(C)C)Nc1cc(N2CC(C3CC3)CC(C)(CC(C)=O)C2)nc(Sc2ccc(NC(=O)CCCC)cc2)n1. The normalized spacial score (nSPS) is 20.4. The lowest BCUT2D eigenvalue weighted by molar-refractivity contribution is -0.119. The average molecular weight is 606 g/mol. The number of nitrogens with zero attached hydrogens (tertiary/aromatic N) is 4. The Labute approximate surface area is 260 Å². The van der Waals surface area contributed by atoms with Crippen molar-refractivity contribution in [2.24, 2.45) is 22.4 Å². The van der Waals surface area contributed by atoms with Crippen LogP contribution in [0.5, 0.6) is 0 Å². The Morgan fingerprint density at radius 2 is 1.86 bits per heavy atom. The molecule has 1 amide bonds. The molecule has 0 bridgehead atoms. The molecule has 2 atom stereocenters. The molecule has 232 valence electrons. The number of carbonyl (C=O) groups excluding carboxylic acids is 2. The number of Topliss-reactive ketones (excluding diaryl/α,β-unsaturated/α-hetero) is 1. The molecule has 3 N–H and O–H groups in total. The first-order chi connectivity index (χ1) is 20.6. The van der Waals surface area contributed by atoms with E-state index < -0.39 is 0 Å². The van der Waals surface area contributed by atoms with Gasteiger partial charge >= 0.3 is 0 Å². The maximum Gasteiger partial charge on any atom is 0.224 e. The highest BCUT2D eigenvalue weighted by atomic mass is 32.2. The second-order valence-electron chi connectivity index (χ2n) is 12.5. The van der Waals surface area contributed by atoms with Crippen molar-refractivity contribution < 1.29 is 9.59 Å². The standard InChI is InChI=1S/C33H47N7O2S/c1-7-9-10-31(42)34-26-13-15-27(16-14-26)43-32-36-29(35-28(8-2)39-38-22(3)4)17-30(37-32)40-20-25(24-11-12-24)19-33(6,21-40)18-23(5)41/h8,13-17,24-25,39H,7,9-12,18-21H2,1-6H3,(H,34,42)(H,35,36,37)/b28-8-. The minimum absolute atomic E-state index is 0.0350. The van der Waals surface area contributed by atoms with E-state index in [4.69, 9.17) is 9.97 Å². The number of rotatable bonds is 14. The molecule has 43 heavy (non-hydrogen) atoms. The van der Waals surface area contributed by atoms with Crippen LogP contribution in [-0.4, -0.2) is 40.5 Å². The van der Waals surface area contributed by atoms with Crippen molar-refractivity contribution in [3.05, 3.63) is 42.2 Å². The van der Waals surface area contributed by atoms with Crippen molar-refractivity contribution in [1.82, 2.24) is 15.4 Å². The number of anilines is 3. The first-order valence-electron chi connectivity index (χ1n) is 15.5. The Hall–Kier alpha value is -3.40. The highest BCUT2D eigenvalue weighted by Crippen LogP contribution is 2.47. The van der Waals surface area contributed by atoms with Crippen LogP contribution in [-0.2, 0) is 9.59 Å². The maximum atomic E-state index is 12.3. The number of ketones is 1. The van der Waals surface area contributed by atoms with Crippen molar-refractivity contribution in [1.29, 1.82) is 0 Å². The molecule has 1 aliphatic heterocycles. The van der Waals surface area contributed by atoms with Gasteiger partial charge in [0.25, 0.3) is 0 Å². The van der Waals surface area contributed by atoms with Crippen LogP contribution in [0.1, 0.15) is 86.5 Å². The van der Waals surface area contributed by atoms with E-state index in [2.05, 4.69) is 39.9 Å². The van der Waals surface area contributed by atoms with E-state index >= 15 is 0 Å². The second-order valence-corrected chi connectivity index (χ2v) is 13.6. The zero-order valence-electron chi connectivity index (χ0n) is 26.5. The zero-order valence-corrected chi connectivity index (χ0v) is 27.3. The van der Waals surface area contributed by atoms with Crippen molar-refractivity contribution in [3.63, 3.8) is 0 Å². The van der Waals surface area contributed by atoms with Gasteiger partial charge < -0.3 is 20.3 Å². The van der Waals surface area contributed by atoms with Gasteiger partial charge in [-0.2, -0.15) is 5.10 Å². The molecule has 0 spiro atoms. The molecule has 2 aliphatic rings. The van der Waals surface area contributed by atoms with Gasteiger partial charge in [-0.15, -0.1) is 0 Å². The summed E-state index contributed by atoms with van der Waals surface area (Å²) in [6.07, 6.45) is 8.52. The number of hydrogen-bond donors (Lipinski definition) is 3. The number of hydrazone groups is 1. The highest BCUT2D eigenvalue weighted by Gasteiger charge is 2.43. The Kier molecular flexibility index (Phi) is 11.2. The zero-order chi connectivity index (χ0) is 31.0. The van der Waals surface area contributed by atoms with E-state index in [-0.39, 0.29) is 17.1 Å². The molecule has 9 nitrogen and oxygen atoms in total. The lowest BCUT2D eigenvalue weighted by atomic mass is 9.72. The van der Waals surface area contributed by atoms with Crippen LogP contribution in [0.3, 0.4) is 0 Å². The van der Waals surface area contributed by atoms with Crippen molar-refractivity contribution >= 4 is 46.5 Å². The van der Waals surface area contributed by atoms with Gasteiger partial charge in [0.05, 0.1) is 0 Å². The molecule has 2 aromatic rings. The molecule has 2 unspecified atom stereocenters. The lowest BCUT2D eigenvalue weighted by Gasteiger charge is -2.45. The highest BCUT2D eigenvalue weighted by molar-refractivity contribution is 7.99. The molecule has 1 aliphatic carbocycles. The minimum Gasteiger partial charge on any atom is -0.356 e. The topological polar surface area (TPSA) is 112 Å². The summed E-state index contributed by atoms with van der Waals surface area (Å²) in [6, 6.07) is 9.79. The number of unbranched alkanes of at least 4 members (excludes halogenated alkanes) is 1. The van der Waals surface area contributed by atoms with Crippen molar-refractivity contribution in [2.45, 2.75) is 96.5 Å². The van der Waals surface area contributed by atoms with Gasteiger partial charge in [-0.1, -0.05) is 20.3 Å². The third-order valence-corrected chi connectivity index (χ3v) is 8.69. The van der Waals surface area contributed by atoms with E-state index in [0.29, 0.717) is 29.7 Å². The molecule has 1 saturated carbocycles. The fourth-order valence-electron chi connectivity index (χ4n) is 5.79. The van der Waals surface area contributed by atoms with Gasteiger partial charge in [-0.05, 0) is 113 Å². The number of hydrogen-bond acceptors (Lipinski definition) is 9. The summed E-state index contributed by atoms with van der Waals surface area (Å²) in [5, 5.41) is 11.3. The van der Waals surface area contributed by atoms with Crippen LogP contribution in [0.15, 0.2) is 57.4 Å². The first kappa shape index (κ1) is 32.5. The Bertz CT molecular complexity index is 1340. The fourth-order valence-corrected chi connectivity index (χ4v) is 6.56. The van der Waals surface area contributed by atoms with Gasteiger partial charge in [-0.25, -0.2) is 9.97 Å². The summed E-state index contributed by atoms with van der Waals surface area (Å²) >= 11 is 1.48. The van der Waals surface area contributed by atoms with Gasteiger partial charge in [-0.3, -0.25) is 10.2 Å². The maximum absolute atomic E-state index is 12.3. The largest absolute Gasteiger partial charge is 0.356 e. The number of piperidine rings is 1. The van der Waals surface area contributed by atoms with E-state index in [1.54, 1.807) is 6.92 Å². The predicted molar refractivity (Wildman–Crippen MR) is 176 cm³/mol. The summed E-state index contributed by atoms with van der Waals surface area (Å²) < 4.78 is 0. The molecular weight excluding hydrogens is 558 g/mol. The summed E-state index contributed by atoms with van der Waals surface area (Å²) in [5.74, 6) is 3.80. The molecule has 1 aromatic heterocycles. The monoisotopic (exact) mass is 605 g/mol. The number of nitrogens with one attached hydrogen (secondary N) is 3. The average Bonchev–Trinajstić information content (AvgIpc) is 3.80. The van der Waals surface area contributed by atoms with E-state index in [9.17, 15) is 9.59 Å². The Balaban J connectivity index is 1.61. The van der Waals surface area contributed by atoms with Crippen LogP contribution >= 0.6 is 11.8 Å². The van der Waals surface area contributed by atoms with Crippen LogP contribution < -0.4 is 21.0 Å². The molecule has 2 fully saturated rings. The number of aromatic nitrogens is 2. The van der Waals surface area contributed by atoms with Gasteiger partial charge in [0.2, 0.25) is 5.91 Å². The van der Waals surface area contributed by atoms with E-state index in [1.807, 2.05) is 57.2 Å². The Morgan fingerprint density at radius 3 is 2.49 bits per heavy atom. The molecule has 10 heteroatoms. The molecule has 0 radical (unpaired) electrons.